The fourth-order valence-corrected chi connectivity index (χ4v) is 1.95. The molecule has 0 bridgehead atoms. The maximum Gasteiger partial charge on any atom is 0.213 e. The van der Waals surface area contributed by atoms with Crippen LogP contribution in [0.5, 0.6) is 0 Å². The summed E-state index contributed by atoms with van der Waals surface area (Å²) in [6, 6.07) is 3.81. The molecule has 13 heavy (non-hydrogen) atoms. The van der Waals surface area contributed by atoms with Gasteiger partial charge in [-0.25, -0.2) is 0 Å². The molecule has 1 saturated carbocycles. The molecule has 2 rings (SSSR count). The van der Waals surface area contributed by atoms with Gasteiger partial charge in [-0.3, -0.25) is 5.32 Å². The van der Waals surface area contributed by atoms with E-state index >= 15 is 0 Å². The molecule has 0 aromatic carbocycles. The lowest BCUT2D eigenvalue weighted by Gasteiger charge is -2.20. The minimum atomic E-state index is 0.783. The molecule has 0 spiro atoms. The van der Waals surface area contributed by atoms with E-state index in [4.69, 9.17) is 4.42 Å². The smallest absolute Gasteiger partial charge is 0.213 e. The summed E-state index contributed by atoms with van der Waals surface area (Å²) in [4.78, 5) is 0. The minimum Gasteiger partial charge on any atom is -0.447 e. The molecule has 0 aliphatic heterocycles. The molecule has 0 atom stereocenters. The molecular weight excluding hydrogens is 162 g/mol. The number of rotatable bonds is 3. The second-order valence-electron chi connectivity index (χ2n) is 3.80. The summed E-state index contributed by atoms with van der Waals surface area (Å²) in [5.41, 5.74) is 0. The van der Waals surface area contributed by atoms with Crippen molar-refractivity contribution >= 4 is 5.88 Å². The Morgan fingerprint density at radius 3 is 2.85 bits per heavy atom. The molecule has 0 saturated heterocycles. The Morgan fingerprint density at radius 1 is 1.31 bits per heavy atom. The van der Waals surface area contributed by atoms with Crippen LogP contribution in [-0.2, 0) is 0 Å². The van der Waals surface area contributed by atoms with Crippen LogP contribution >= 0.6 is 0 Å². The zero-order valence-electron chi connectivity index (χ0n) is 7.91. The van der Waals surface area contributed by atoms with E-state index in [9.17, 15) is 0 Å². The Kier molecular flexibility index (Phi) is 2.90. The van der Waals surface area contributed by atoms with Crippen molar-refractivity contribution in [2.45, 2.75) is 32.1 Å². The molecule has 1 heterocycles. The average Bonchev–Trinajstić information content (AvgIpc) is 2.69. The van der Waals surface area contributed by atoms with Gasteiger partial charge in [-0.15, -0.1) is 0 Å². The highest BCUT2D eigenvalue weighted by molar-refractivity contribution is 5.19. The van der Waals surface area contributed by atoms with Crippen LogP contribution in [0.25, 0.3) is 0 Å². The molecule has 1 aromatic heterocycles. The van der Waals surface area contributed by atoms with Gasteiger partial charge in [0.2, 0.25) is 5.88 Å². The summed E-state index contributed by atoms with van der Waals surface area (Å²) in [6.07, 6.45) is 8.57. The normalized spacial score (nSPS) is 18.8. The molecule has 1 aromatic rings. The van der Waals surface area contributed by atoms with Crippen molar-refractivity contribution in [1.82, 2.24) is 5.32 Å². The van der Waals surface area contributed by atoms with E-state index in [1.165, 1.54) is 32.1 Å². The van der Waals surface area contributed by atoms with Crippen LogP contribution in [0.4, 0.5) is 5.88 Å². The van der Waals surface area contributed by atoms with Crippen LogP contribution in [0, 0.1) is 5.92 Å². The Bertz CT molecular complexity index is 224. The van der Waals surface area contributed by atoms with E-state index in [0.29, 0.717) is 0 Å². The van der Waals surface area contributed by atoms with Crippen LogP contribution < -0.4 is 5.32 Å². The Hall–Kier alpha value is -0.920. The molecule has 1 fully saturated rings. The third-order valence-corrected chi connectivity index (χ3v) is 2.74. The Morgan fingerprint density at radius 2 is 2.15 bits per heavy atom. The van der Waals surface area contributed by atoms with E-state index in [1.807, 2.05) is 12.1 Å². The predicted octanol–water partition coefficient (Wildman–Crippen LogP) is 3.10. The maximum absolute atomic E-state index is 5.16. The first-order valence-electron chi connectivity index (χ1n) is 5.16. The van der Waals surface area contributed by atoms with E-state index in [2.05, 4.69) is 5.32 Å². The SMILES string of the molecule is c1coc([N]CC2CCCCC2)c1. The summed E-state index contributed by atoms with van der Waals surface area (Å²) >= 11 is 0. The molecule has 2 nitrogen and oxygen atoms in total. The first kappa shape index (κ1) is 8.67. The highest BCUT2D eigenvalue weighted by atomic mass is 16.3. The van der Waals surface area contributed by atoms with Crippen molar-refractivity contribution in [2.24, 2.45) is 5.92 Å². The van der Waals surface area contributed by atoms with Crippen molar-refractivity contribution in [3.05, 3.63) is 18.4 Å². The van der Waals surface area contributed by atoms with Gasteiger partial charge in [0.05, 0.1) is 6.26 Å². The van der Waals surface area contributed by atoms with Gasteiger partial charge < -0.3 is 4.42 Å². The quantitative estimate of drug-likeness (QED) is 0.698. The molecular formula is C11H16NO. The van der Waals surface area contributed by atoms with Crippen molar-refractivity contribution in [2.75, 3.05) is 6.54 Å². The van der Waals surface area contributed by atoms with Crippen LogP contribution in [-0.4, -0.2) is 6.54 Å². The lowest BCUT2D eigenvalue weighted by molar-refractivity contribution is 0.346. The maximum atomic E-state index is 5.16. The second-order valence-corrected chi connectivity index (χ2v) is 3.80. The van der Waals surface area contributed by atoms with Gasteiger partial charge in [0, 0.05) is 12.6 Å². The zero-order chi connectivity index (χ0) is 8.93. The highest BCUT2D eigenvalue weighted by Crippen LogP contribution is 2.23. The van der Waals surface area contributed by atoms with Crippen LogP contribution in [0.1, 0.15) is 32.1 Å². The predicted molar refractivity (Wildman–Crippen MR) is 51.9 cm³/mol. The van der Waals surface area contributed by atoms with E-state index in [0.717, 1.165) is 18.3 Å². The molecule has 2 heteroatoms. The van der Waals surface area contributed by atoms with E-state index < -0.39 is 0 Å². The molecule has 0 N–H and O–H groups in total. The molecule has 1 aliphatic carbocycles. The van der Waals surface area contributed by atoms with Gasteiger partial charge in [0.15, 0.2) is 0 Å². The van der Waals surface area contributed by atoms with Gasteiger partial charge in [0.25, 0.3) is 0 Å². The summed E-state index contributed by atoms with van der Waals surface area (Å²) in [5, 5.41) is 4.42. The number of hydrogen-bond acceptors (Lipinski definition) is 1. The standard InChI is InChI=1S/C11H16NO/c1-2-5-10(6-3-1)9-12-11-7-4-8-13-11/h4,7-8,10H,1-3,5-6,9H2. The minimum absolute atomic E-state index is 0.783. The second kappa shape index (κ2) is 4.35. The van der Waals surface area contributed by atoms with Gasteiger partial charge in [-0.05, 0) is 24.8 Å². The monoisotopic (exact) mass is 178 g/mol. The number of nitrogens with zero attached hydrogens (tertiary/aromatic N) is 1. The lowest BCUT2D eigenvalue weighted by atomic mass is 9.89. The summed E-state index contributed by atoms with van der Waals surface area (Å²) < 4.78 is 5.16. The third-order valence-electron chi connectivity index (χ3n) is 2.74. The van der Waals surface area contributed by atoms with Gasteiger partial charge >= 0.3 is 0 Å². The van der Waals surface area contributed by atoms with Crippen LogP contribution in [0.15, 0.2) is 22.8 Å². The van der Waals surface area contributed by atoms with Crippen molar-refractivity contribution < 1.29 is 4.42 Å². The third kappa shape index (κ3) is 2.51. The zero-order valence-corrected chi connectivity index (χ0v) is 7.91. The van der Waals surface area contributed by atoms with Crippen LogP contribution in [0.3, 0.4) is 0 Å². The van der Waals surface area contributed by atoms with Crippen molar-refractivity contribution in [1.29, 1.82) is 0 Å². The molecule has 1 radical (unpaired) electrons. The van der Waals surface area contributed by atoms with E-state index in [-0.39, 0.29) is 0 Å². The van der Waals surface area contributed by atoms with Crippen molar-refractivity contribution in [3.63, 3.8) is 0 Å². The van der Waals surface area contributed by atoms with Gasteiger partial charge in [-0.1, -0.05) is 19.3 Å². The summed E-state index contributed by atoms with van der Waals surface area (Å²) in [7, 11) is 0. The fraction of sp³-hybridized carbons (Fsp3) is 0.636. The van der Waals surface area contributed by atoms with Crippen molar-refractivity contribution in [3.8, 4) is 0 Å². The molecule has 71 valence electrons. The highest BCUT2D eigenvalue weighted by Gasteiger charge is 2.13. The molecule has 0 amide bonds. The van der Waals surface area contributed by atoms with Crippen LogP contribution in [0.2, 0.25) is 0 Å². The Balaban J connectivity index is 1.72. The van der Waals surface area contributed by atoms with Gasteiger partial charge in [0.1, 0.15) is 0 Å². The summed E-state index contributed by atoms with van der Waals surface area (Å²) in [6.45, 7) is 0.952. The largest absolute Gasteiger partial charge is 0.447 e. The fourth-order valence-electron chi connectivity index (χ4n) is 1.95. The van der Waals surface area contributed by atoms with E-state index in [1.54, 1.807) is 6.26 Å². The molecule has 1 aliphatic rings. The lowest BCUT2D eigenvalue weighted by Crippen LogP contribution is -2.16. The number of furan rings is 1. The number of hydrogen-bond donors (Lipinski definition) is 0. The Labute approximate surface area is 79.3 Å². The molecule has 0 unspecified atom stereocenters. The topological polar surface area (TPSA) is 27.2 Å². The summed E-state index contributed by atoms with van der Waals surface area (Å²) in [5.74, 6) is 1.59. The first-order valence-corrected chi connectivity index (χ1v) is 5.16. The first-order chi connectivity index (χ1) is 6.45. The van der Waals surface area contributed by atoms with Gasteiger partial charge in [-0.2, -0.15) is 0 Å². The average molecular weight is 178 g/mol.